The van der Waals surface area contributed by atoms with Gasteiger partial charge in [0.15, 0.2) is 5.72 Å². The van der Waals surface area contributed by atoms with Gasteiger partial charge >= 0.3 is 0 Å². The Hall–Kier alpha value is -1.24. The van der Waals surface area contributed by atoms with E-state index in [2.05, 4.69) is 5.32 Å². The molecule has 0 saturated carbocycles. The zero-order valence-electron chi connectivity index (χ0n) is 8.67. The molecule has 16 heavy (non-hydrogen) atoms. The van der Waals surface area contributed by atoms with Crippen molar-refractivity contribution in [3.63, 3.8) is 0 Å². The molecule has 1 amide bonds. The van der Waals surface area contributed by atoms with Gasteiger partial charge in [-0.15, -0.1) is 0 Å². The molecule has 0 aliphatic carbocycles. The van der Waals surface area contributed by atoms with Crippen LogP contribution in [0.4, 0.5) is 0 Å². The van der Waals surface area contributed by atoms with E-state index < -0.39 is 28.5 Å². The minimum atomic E-state index is -2.47. The van der Waals surface area contributed by atoms with Gasteiger partial charge in [-0.3, -0.25) is 9.00 Å². The molecule has 0 saturated heterocycles. The molecule has 88 valence electrons. The van der Waals surface area contributed by atoms with Crippen LogP contribution in [0.1, 0.15) is 12.5 Å². The molecule has 6 heteroatoms. The van der Waals surface area contributed by atoms with Crippen molar-refractivity contribution in [1.29, 1.82) is 0 Å². The summed E-state index contributed by atoms with van der Waals surface area (Å²) in [6.45, 7) is 1.21. The molecule has 2 atom stereocenters. The number of carbonyl (C=O) groups is 1. The zero-order chi connectivity index (χ0) is 12.2. The summed E-state index contributed by atoms with van der Waals surface area (Å²) >= 11 is -2.47. The van der Waals surface area contributed by atoms with E-state index in [4.69, 9.17) is 0 Å². The lowest BCUT2D eigenvalue weighted by Crippen LogP contribution is -2.48. The van der Waals surface area contributed by atoms with Gasteiger partial charge in [-0.1, -0.05) is 41.4 Å². The fourth-order valence-electron chi connectivity index (χ4n) is 1.37. The molecule has 1 aromatic rings. The van der Waals surface area contributed by atoms with Crippen LogP contribution in [0.15, 0.2) is 30.3 Å². The van der Waals surface area contributed by atoms with Crippen LogP contribution in [0.3, 0.4) is 0 Å². The number of benzene rings is 1. The van der Waals surface area contributed by atoms with Gasteiger partial charge in [0.25, 0.3) is 0 Å². The monoisotopic (exact) mass is 242 g/mol. The predicted octanol–water partition coefficient (Wildman–Crippen LogP) is -0.153. The molecule has 0 aliphatic heterocycles. The molecule has 2 N–H and O–H groups in total. The molecular weight excluding hydrogens is 230 g/mol. The zero-order valence-corrected chi connectivity index (χ0v) is 9.49. The van der Waals surface area contributed by atoms with Crippen LogP contribution >= 0.6 is 0 Å². The highest BCUT2D eigenvalue weighted by Crippen LogP contribution is 2.18. The smallest absolute Gasteiger partial charge is 0.219 e. The Kier molecular flexibility index (Phi) is 4.17. The Labute approximate surface area is 95.8 Å². The van der Waals surface area contributed by atoms with Gasteiger partial charge in [-0.25, -0.2) is 0 Å². The van der Waals surface area contributed by atoms with Gasteiger partial charge in [-0.05, 0) is 0 Å². The topological polar surface area (TPSA) is 89.5 Å². The molecule has 0 heterocycles. The first-order chi connectivity index (χ1) is 7.44. The first-order valence-electron chi connectivity index (χ1n) is 4.56. The Balaban J connectivity index is 3.04. The summed E-state index contributed by atoms with van der Waals surface area (Å²) < 4.78 is 21.3. The molecule has 0 spiro atoms. The summed E-state index contributed by atoms with van der Waals surface area (Å²) in [5.41, 5.74) is -1.55. The number of nitrogens with one attached hydrogen (secondary N) is 1. The van der Waals surface area contributed by atoms with Gasteiger partial charge in [0, 0.05) is 12.5 Å². The Bertz CT molecular complexity index is 377. The van der Waals surface area contributed by atoms with Crippen LogP contribution < -0.4 is 5.32 Å². The summed E-state index contributed by atoms with van der Waals surface area (Å²) in [4.78, 5) is 10.9. The second kappa shape index (κ2) is 5.20. The summed E-state index contributed by atoms with van der Waals surface area (Å²) in [6, 6.07) is 8.11. The molecule has 0 aromatic heterocycles. The van der Waals surface area contributed by atoms with E-state index in [9.17, 15) is 18.7 Å². The van der Waals surface area contributed by atoms with Gasteiger partial charge in [0.1, 0.15) is 0 Å². The van der Waals surface area contributed by atoms with Crippen LogP contribution in [0.25, 0.3) is 0 Å². The Morgan fingerprint density at radius 2 is 2.06 bits per heavy atom. The Morgan fingerprint density at radius 3 is 2.50 bits per heavy atom. The number of hydrogen-bond acceptors (Lipinski definition) is 4. The molecule has 0 aliphatic rings. The lowest BCUT2D eigenvalue weighted by atomic mass is 10.0. The number of rotatable bonds is 4. The first-order valence-corrected chi connectivity index (χ1v) is 5.81. The molecule has 0 radical (unpaired) electrons. The van der Waals surface area contributed by atoms with Crippen molar-refractivity contribution in [3.05, 3.63) is 35.9 Å². The first kappa shape index (κ1) is 12.8. The van der Waals surface area contributed by atoms with E-state index in [1.165, 1.54) is 6.92 Å². The van der Waals surface area contributed by atoms with Crippen molar-refractivity contribution in [2.45, 2.75) is 12.6 Å². The van der Waals surface area contributed by atoms with E-state index >= 15 is 0 Å². The molecule has 0 fully saturated rings. The lowest BCUT2D eigenvalue weighted by molar-refractivity contribution is -0.125. The maximum absolute atomic E-state index is 10.9. The maximum Gasteiger partial charge on any atom is 0.219 e. The van der Waals surface area contributed by atoms with Crippen LogP contribution in [0.2, 0.25) is 0 Å². The van der Waals surface area contributed by atoms with Gasteiger partial charge in [-0.2, -0.15) is 0 Å². The van der Waals surface area contributed by atoms with E-state index in [1.54, 1.807) is 30.3 Å². The summed E-state index contributed by atoms with van der Waals surface area (Å²) in [6.07, 6.45) is 0. The minimum absolute atomic E-state index is 0.328. The third kappa shape index (κ3) is 3.41. The third-order valence-corrected chi connectivity index (χ3v) is 2.61. The fraction of sp³-hybridized carbons (Fsp3) is 0.300. The van der Waals surface area contributed by atoms with E-state index in [-0.39, 0.29) is 0 Å². The molecular formula is C10H12NO4S-. The summed E-state index contributed by atoms with van der Waals surface area (Å²) in [5, 5.41) is 12.3. The van der Waals surface area contributed by atoms with Gasteiger partial charge in [0.05, 0.1) is 5.75 Å². The minimum Gasteiger partial charge on any atom is -0.772 e. The van der Waals surface area contributed by atoms with Crippen LogP contribution in [0, 0.1) is 0 Å². The number of amides is 1. The quantitative estimate of drug-likeness (QED) is 0.567. The van der Waals surface area contributed by atoms with Crippen LogP contribution in [0.5, 0.6) is 0 Å². The summed E-state index contributed by atoms with van der Waals surface area (Å²) in [7, 11) is 0. The molecule has 0 bridgehead atoms. The van der Waals surface area contributed by atoms with E-state index in [0.29, 0.717) is 5.56 Å². The third-order valence-electron chi connectivity index (χ3n) is 1.96. The van der Waals surface area contributed by atoms with E-state index in [1.807, 2.05) is 0 Å². The SMILES string of the molecule is CC(=O)NC(O)(CS(=O)[O-])c1ccccc1. The second-order valence-electron chi connectivity index (χ2n) is 3.36. The van der Waals surface area contributed by atoms with Crippen molar-refractivity contribution in [1.82, 2.24) is 5.32 Å². The maximum atomic E-state index is 10.9. The highest BCUT2D eigenvalue weighted by Gasteiger charge is 2.30. The average Bonchev–Trinajstić information content (AvgIpc) is 2.16. The summed E-state index contributed by atoms with van der Waals surface area (Å²) in [5.74, 6) is -1.09. The second-order valence-corrected chi connectivity index (χ2v) is 4.25. The van der Waals surface area contributed by atoms with Gasteiger partial charge < -0.3 is 15.0 Å². The van der Waals surface area contributed by atoms with Gasteiger partial charge in [0.2, 0.25) is 5.91 Å². The Morgan fingerprint density at radius 1 is 1.50 bits per heavy atom. The average molecular weight is 242 g/mol. The highest BCUT2D eigenvalue weighted by atomic mass is 32.2. The number of aliphatic hydroxyl groups is 1. The number of carbonyl (C=O) groups excluding carboxylic acids is 1. The van der Waals surface area contributed by atoms with Crippen molar-refractivity contribution >= 4 is 17.0 Å². The molecule has 5 nitrogen and oxygen atoms in total. The highest BCUT2D eigenvalue weighted by molar-refractivity contribution is 7.79. The van der Waals surface area contributed by atoms with Crippen molar-refractivity contribution < 1.29 is 18.7 Å². The van der Waals surface area contributed by atoms with Crippen LogP contribution in [-0.2, 0) is 21.6 Å². The van der Waals surface area contributed by atoms with Crippen molar-refractivity contribution in [3.8, 4) is 0 Å². The lowest BCUT2D eigenvalue weighted by Gasteiger charge is -2.30. The number of hydrogen-bond donors (Lipinski definition) is 2. The molecule has 1 rings (SSSR count). The predicted molar refractivity (Wildman–Crippen MR) is 57.9 cm³/mol. The van der Waals surface area contributed by atoms with Crippen molar-refractivity contribution in [2.24, 2.45) is 0 Å². The fourth-order valence-corrected chi connectivity index (χ4v) is 1.95. The molecule has 2 unspecified atom stereocenters. The van der Waals surface area contributed by atoms with Crippen molar-refractivity contribution in [2.75, 3.05) is 5.75 Å². The molecule has 1 aromatic carbocycles. The van der Waals surface area contributed by atoms with E-state index in [0.717, 1.165) is 0 Å². The largest absolute Gasteiger partial charge is 0.772 e. The standard InChI is InChI=1S/C10H13NO4S/c1-8(12)11-10(13,7-16(14)15)9-5-3-2-4-6-9/h2-6,13H,7H2,1H3,(H,11,12)(H,14,15)/p-1. The normalized spacial score (nSPS) is 16.2. The van der Waals surface area contributed by atoms with Crippen LogP contribution in [-0.4, -0.2) is 25.5 Å².